The molecule has 0 saturated carbocycles. The minimum atomic E-state index is -0.597. The van der Waals surface area contributed by atoms with Gasteiger partial charge in [-0.2, -0.15) is 0 Å². The van der Waals surface area contributed by atoms with Crippen molar-refractivity contribution in [2.24, 2.45) is 0 Å². The Balaban J connectivity index is 2.28. The molecule has 3 rings (SSSR count). The summed E-state index contributed by atoms with van der Waals surface area (Å²) in [7, 11) is 1.54. The quantitative estimate of drug-likeness (QED) is 0.497. The average molecular weight is 300 g/mol. The fourth-order valence-corrected chi connectivity index (χ4v) is 2.19. The molecule has 3 N–H and O–H groups in total. The van der Waals surface area contributed by atoms with E-state index in [9.17, 15) is 20.1 Å². The third kappa shape index (κ3) is 2.10. The van der Waals surface area contributed by atoms with Gasteiger partial charge in [0.15, 0.2) is 16.8 Å². The lowest BCUT2D eigenvalue weighted by Crippen LogP contribution is -2.01. The lowest BCUT2D eigenvalue weighted by Gasteiger charge is -2.07. The van der Waals surface area contributed by atoms with Gasteiger partial charge in [-0.25, -0.2) is 0 Å². The number of phenolic OH excluding ortho intramolecular Hbond substituents is 3. The van der Waals surface area contributed by atoms with Gasteiger partial charge in [-0.3, -0.25) is 4.79 Å². The van der Waals surface area contributed by atoms with Crippen LogP contribution in [0.4, 0.5) is 0 Å². The highest BCUT2D eigenvalue weighted by Gasteiger charge is 2.17. The van der Waals surface area contributed by atoms with Gasteiger partial charge in [0.05, 0.1) is 7.11 Å². The zero-order valence-corrected chi connectivity index (χ0v) is 11.5. The second kappa shape index (κ2) is 5.00. The van der Waals surface area contributed by atoms with E-state index in [0.29, 0.717) is 11.3 Å². The number of methoxy groups -OCH3 is 1. The maximum Gasteiger partial charge on any atom is 0.202 e. The highest BCUT2D eigenvalue weighted by molar-refractivity contribution is 5.91. The molecule has 112 valence electrons. The first-order valence-corrected chi connectivity index (χ1v) is 6.37. The van der Waals surface area contributed by atoms with Crippen LogP contribution in [0.15, 0.2) is 45.6 Å². The molecule has 0 fully saturated rings. The van der Waals surface area contributed by atoms with Crippen molar-refractivity contribution in [3.63, 3.8) is 0 Å². The van der Waals surface area contributed by atoms with Crippen LogP contribution >= 0.6 is 0 Å². The summed E-state index contributed by atoms with van der Waals surface area (Å²) in [6, 6.07) is 8.85. The van der Waals surface area contributed by atoms with Gasteiger partial charge in [0.2, 0.25) is 5.75 Å². The number of ether oxygens (including phenoxy) is 1. The molecule has 2 aromatic carbocycles. The second-order valence-corrected chi connectivity index (χ2v) is 4.67. The number of rotatable bonds is 2. The van der Waals surface area contributed by atoms with Gasteiger partial charge in [0.1, 0.15) is 22.6 Å². The van der Waals surface area contributed by atoms with E-state index in [0.717, 1.165) is 6.07 Å². The van der Waals surface area contributed by atoms with E-state index in [2.05, 4.69) is 0 Å². The van der Waals surface area contributed by atoms with E-state index in [1.54, 1.807) is 24.3 Å². The molecule has 1 heterocycles. The van der Waals surface area contributed by atoms with E-state index < -0.39 is 22.7 Å². The number of benzene rings is 2. The molecule has 0 saturated heterocycles. The topological polar surface area (TPSA) is 100 Å². The van der Waals surface area contributed by atoms with Crippen molar-refractivity contribution in [1.29, 1.82) is 0 Å². The number of fused-ring (bicyclic) bond motifs is 1. The van der Waals surface area contributed by atoms with Gasteiger partial charge in [0, 0.05) is 17.7 Å². The fraction of sp³-hybridized carbons (Fsp3) is 0.0625. The van der Waals surface area contributed by atoms with Gasteiger partial charge in [0.25, 0.3) is 0 Å². The van der Waals surface area contributed by atoms with Crippen LogP contribution in [0.2, 0.25) is 0 Å². The third-order valence-electron chi connectivity index (χ3n) is 3.31. The van der Waals surface area contributed by atoms with Crippen LogP contribution in [0.1, 0.15) is 0 Å². The molecular weight excluding hydrogens is 288 g/mol. The maximum absolute atomic E-state index is 12.1. The number of phenols is 3. The van der Waals surface area contributed by atoms with Crippen LogP contribution in [0.25, 0.3) is 22.3 Å². The monoisotopic (exact) mass is 300 g/mol. The van der Waals surface area contributed by atoms with Crippen molar-refractivity contribution in [2.45, 2.75) is 0 Å². The Bertz CT molecular complexity index is 909. The zero-order valence-electron chi connectivity index (χ0n) is 11.5. The molecule has 1 aromatic heterocycles. The molecule has 0 aliphatic heterocycles. The first-order valence-electron chi connectivity index (χ1n) is 6.37. The average Bonchev–Trinajstić information content (AvgIpc) is 2.52. The molecule has 0 aliphatic rings. The van der Waals surface area contributed by atoms with E-state index in [1.165, 1.54) is 13.2 Å². The molecule has 0 amide bonds. The van der Waals surface area contributed by atoms with Crippen molar-refractivity contribution >= 4 is 11.0 Å². The molecule has 0 atom stereocenters. The number of hydrogen-bond acceptors (Lipinski definition) is 6. The minimum absolute atomic E-state index is 0.187. The predicted octanol–water partition coefficient (Wildman–Crippen LogP) is 2.59. The first kappa shape index (κ1) is 13.8. The Labute approximate surface area is 124 Å². The molecule has 6 nitrogen and oxygen atoms in total. The van der Waals surface area contributed by atoms with E-state index in [4.69, 9.17) is 9.15 Å². The summed E-state index contributed by atoms with van der Waals surface area (Å²) in [5.41, 5.74) is -0.210. The lowest BCUT2D eigenvalue weighted by atomic mass is 10.1. The summed E-state index contributed by atoms with van der Waals surface area (Å²) >= 11 is 0. The van der Waals surface area contributed by atoms with Gasteiger partial charge < -0.3 is 24.5 Å². The summed E-state index contributed by atoms with van der Waals surface area (Å²) in [6.45, 7) is 0. The molecule has 6 heteroatoms. The molecule has 3 aromatic rings. The molecule has 22 heavy (non-hydrogen) atoms. The zero-order chi connectivity index (χ0) is 15.9. The number of hydrogen-bond donors (Lipinski definition) is 3. The second-order valence-electron chi connectivity index (χ2n) is 4.67. The normalized spacial score (nSPS) is 10.8. The van der Waals surface area contributed by atoms with Crippen LogP contribution in [0, 0.1) is 0 Å². The Morgan fingerprint density at radius 1 is 1.00 bits per heavy atom. The highest BCUT2D eigenvalue weighted by atomic mass is 16.5. The summed E-state index contributed by atoms with van der Waals surface area (Å²) < 4.78 is 10.5. The summed E-state index contributed by atoms with van der Waals surface area (Å²) in [6.07, 6.45) is 0. The maximum atomic E-state index is 12.1. The molecule has 0 radical (unpaired) electrons. The Hall–Kier alpha value is -3.15. The third-order valence-corrected chi connectivity index (χ3v) is 3.31. The van der Waals surface area contributed by atoms with Crippen molar-refractivity contribution in [1.82, 2.24) is 0 Å². The Morgan fingerprint density at radius 2 is 1.68 bits per heavy atom. The van der Waals surface area contributed by atoms with Gasteiger partial charge >= 0.3 is 0 Å². The van der Waals surface area contributed by atoms with E-state index >= 15 is 0 Å². The largest absolute Gasteiger partial charge is 0.507 e. The van der Waals surface area contributed by atoms with Gasteiger partial charge in [-0.05, 0) is 24.3 Å². The summed E-state index contributed by atoms with van der Waals surface area (Å²) in [5.74, 6) is -0.786. The molecule has 0 aliphatic carbocycles. The van der Waals surface area contributed by atoms with Crippen LogP contribution in [-0.4, -0.2) is 22.4 Å². The Kier molecular flexibility index (Phi) is 3.14. The molecule has 0 bridgehead atoms. The van der Waals surface area contributed by atoms with Crippen molar-refractivity contribution < 1.29 is 24.5 Å². The Morgan fingerprint density at radius 3 is 2.32 bits per heavy atom. The van der Waals surface area contributed by atoms with E-state index in [-0.39, 0.29) is 16.7 Å². The number of aromatic hydroxyl groups is 3. The van der Waals surface area contributed by atoms with Crippen LogP contribution < -0.4 is 10.2 Å². The van der Waals surface area contributed by atoms with Crippen LogP contribution in [-0.2, 0) is 0 Å². The predicted molar refractivity (Wildman–Crippen MR) is 79.5 cm³/mol. The van der Waals surface area contributed by atoms with Crippen LogP contribution in [0.5, 0.6) is 23.0 Å². The van der Waals surface area contributed by atoms with Crippen molar-refractivity contribution in [3.8, 4) is 34.3 Å². The molecular formula is C16H12O6. The smallest absolute Gasteiger partial charge is 0.202 e. The first-order chi connectivity index (χ1) is 10.5. The summed E-state index contributed by atoms with van der Waals surface area (Å²) in [5, 5.41) is 28.9. The SMILES string of the molecule is COc1ccc(-c2cc(=O)c3c(O)cc(O)c(O)c3o2)cc1. The van der Waals surface area contributed by atoms with Crippen molar-refractivity contribution in [3.05, 3.63) is 46.6 Å². The minimum Gasteiger partial charge on any atom is -0.507 e. The highest BCUT2D eigenvalue weighted by Crippen LogP contribution is 2.39. The molecule has 0 unspecified atom stereocenters. The van der Waals surface area contributed by atoms with Gasteiger partial charge in [-0.1, -0.05) is 0 Å². The van der Waals surface area contributed by atoms with Gasteiger partial charge in [-0.15, -0.1) is 0 Å². The fourth-order valence-electron chi connectivity index (χ4n) is 2.19. The molecule has 0 spiro atoms. The van der Waals surface area contributed by atoms with E-state index in [1.807, 2.05) is 0 Å². The van der Waals surface area contributed by atoms with Crippen LogP contribution in [0.3, 0.4) is 0 Å². The summed E-state index contributed by atoms with van der Waals surface area (Å²) in [4.78, 5) is 12.1. The standard InChI is InChI=1S/C16H12O6/c1-21-9-4-2-8(3-5-9)13-7-11(18)14-10(17)6-12(19)15(20)16(14)22-13/h2-7,17,19-20H,1H3. The van der Waals surface area contributed by atoms with Crippen molar-refractivity contribution in [2.75, 3.05) is 7.11 Å². The lowest BCUT2D eigenvalue weighted by molar-refractivity contribution is 0.394.